The first-order valence-corrected chi connectivity index (χ1v) is 7.34. The molecule has 0 aliphatic rings. The summed E-state index contributed by atoms with van der Waals surface area (Å²) in [6, 6.07) is 26.8. The van der Waals surface area contributed by atoms with Gasteiger partial charge in [-0.15, -0.1) is 5.10 Å². The maximum atomic E-state index is 9.48. The van der Waals surface area contributed by atoms with Crippen LogP contribution >= 0.6 is 0 Å². The van der Waals surface area contributed by atoms with Gasteiger partial charge in [0.1, 0.15) is 11.5 Å². The van der Waals surface area contributed by atoms with Gasteiger partial charge in [-0.25, -0.2) is 0 Å². The van der Waals surface area contributed by atoms with E-state index in [1.165, 1.54) is 0 Å². The molecule has 0 spiro atoms. The zero-order valence-electron chi connectivity index (χ0n) is 12.5. The Kier molecular flexibility index (Phi) is 4.60. The van der Waals surface area contributed by atoms with Crippen molar-refractivity contribution in [3.63, 3.8) is 0 Å². The number of phenolic OH excluding ortho intramolecular Hbond substituents is 1. The third kappa shape index (κ3) is 3.92. The van der Waals surface area contributed by atoms with Crippen LogP contribution in [-0.4, -0.2) is 17.0 Å². The molecular weight excluding hydrogens is 284 g/mol. The fraction of sp³-hybridized carbons (Fsp3) is 0. The highest BCUT2D eigenvalue weighted by Crippen LogP contribution is 2.12. The lowest BCUT2D eigenvalue weighted by Gasteiger charge is -2.05. The second kappa shape index (κ2) is 7.18. The molecule has 0 amide bonds. The molecule has 3 aromatic rings. The van der Waals surface area contributed by atoms with Gasteiger partial charge in [-0.2, -0.15) is 5.10 Å². The Balaban J connectivity index is 1.95. The van der Waals surface area contributed by atoms with Crippen LogP contribution in [0.25, 0.3) is 0 Å². The number of rotatable bonds is 4. The normalized spacial score (nSPS) is 10.6. The molecule has 112 valence electrons. The Bertz CT molecular complexity index is 783. The molecule has 3 aromatic carbocycles. The molecule has 0 bridgehead atoms. The molecule has 0 aromatic heterocycles. The summed E-state index contributed by atoms with van der Waals surface area (Å²) in [4.78, 5) is 0. The summed E-state index contributed by atoms with van der Waals surface area (Å²) in [6.45, 7) is 0. The maximum absolute atomic E-state index is 9.48. The molecule has 3 heteroatoms. The number of phenols is 1. The highest BCUT2D eigenvalue weighted by atomic mass is 16.3. The van der Waals surface area contributed by atoms with Crippen molar-refractivity contribution >= 4 is 11.9 Å². The molecule has 0 saturated heterocycles. The van der Waals surface area contributed by atoms with E-state index in [0.717, 1.165) is 22.4 Å². The summed E-state index contributed by atoms with van der Waals surface area (Å²) in [5.74, 6) is 0.212. The molecule has 0 aliphatic carbocycles. The van der Waals surface area contributed by atoms with Gasteiger partial charge in [-0.3, -0.25) is 0 Å². The number of benzene rings is 3. The molecule has 0 saturated carbocycles. The first kappa shape index (κ1) is 14.7. The molecule has 3 rings (SSSR count). The molecule has 0 radical (unpaired) electrons. The monoisotopic (exact) mass is 300 g/mol. The van der Waals surface area contributed by atoms with Crippen LogP contribution in [-0.2, 0) is 0 Å². The molecule has 0 unspecified atom stereocenters. The molecule has 0 atom stereocenters. The smallest absolute Gasteiger partial charge is 0.116 e. The highest BCUT2D eigenvalue weighted by Gasteiger charge is 2.05. The molecular formula is C20H16N2O. The summed E-state index contributed by atoms with van der Waals surface area (Å²) in [5.41, 5.74) is 3.62. The van der Waals surface area contributed by atoms with E-state index >= 15 is 0 Å². The Morgan fingerprint density at radius 3 is 1.91 bits per heavy atom. The summed E-state index contributed by atoms with van der Waals surface area (Å²) in [5, 5.41) is 18.1. The topological polar surface area (TPSA) is 45.0 Å². The predicted molar refractivity (Wildman–Crippen MR) is 94.2 cm³/mol. The average molecular weight is 300 g/mol. The van der Waals surface area contributed by atoms with Crippen LogP contribution in [0.2, 0.25) is 0 Å². The highest BCUT2D eigenvalue weighted by molar-refractivity contribution is 6.12. The summed E-state index contributed by atoms with van der Waals surface area (Å²) >= 11 is 0. The zero-order valence-corrected chi connectivity index (χ0v) is 12.5. The molecule has 0 aliphatic heterocycles. The largest absolute Gasteiger partial charge is 0.508 e. The average Bonchev–Trinajstić information content (AvgIpc) is 2.60. The summed E-state index contributed by atoms with van der Waals surface area (Å²) < 4.78 is 0. The van der Waals surface area contributed by atoms with Crippen molar-refractivity contribution in [2.75, 3.05) is 0 Å². The van der Waals surface area contributed by atoms with E-state index in [-0.39, 0.29) is 5.75 Å². The fourth-order valence-corrected chi connectivity index (χ4v) is 2.23. The molecule has 3 nitrogen and oxygen atoms in total. The number of hydrogen-bond acceptors (Lipinski definition) is 3. The van der Waals surface area contributed by atoms with Gasteiger partial charge >= 0.3 is 0 Å². The van der Waals surface area contributed by atoms with Gasteiger partial charge in [0.15, 0.2) is 0 Å². The predicted octanol–water partition coefficient (Wildman–Crippen LogP) is 4.26. The number of hydrogen-bond donors (Lipinski definition) is 1. The molecule has 1 N–H and O–H groups in total. The van der Waals surface area contributed by atoms with Crippen molar-refractivity contribution in [3.8, 4) is 5.75 Å². The first-order chi connectivity index (χ1) is 11.3. The van der Waals surface area contributed by atoms with E-state index in [1.807, 2.05) is 66.7 Å². The minimum atomic E-state index is 0.212. The van der Waals surface area contributed by atoms with Gasteiger partial charge in [0.05, 0.1) is 6.21 Å². The maximum Gasteiger partial charge on any atom is 0.116 e. The van der Waals surface area contributed by atoms with Crippen LogP contribution in [0.4, 0.5) is 0 Å². The van der Waals surface area contributed by atoms with Crippen LogP contribution in [0.3, 0.4) is 0 Å². The Labute approximate surface area is 135 Å². The molecule has 23 heavy (non-hydrogen) atoms. The number of nitrogens with zero attached hydrogens (tertiary/aromatic N) is 2. The van der Waals surface area contributed by atoms with Gasteiger partial charge in [0.2, 0.25) is 0 Å². The lowest BCUT2D eigenvalue weighted by atomic mass is 10.0. The SMILES string of the molecule is Oc1cccc(/C=N\N=C(c2ccccc2)c2ccccc2)c1. The van der Waals surface area contributed by atoms with Crippen LogP contribution < -0.4 is 0 Å². The lowest BCUT2D eigenvalue weighted by molar-refractivity contribution is 0.475. The van der Waals surface area contributed by atoms with Crippen molar-refractivity contribution in [3.05, 3.63) is 102 Å². The van der Waals surface area contributed by atoms with Crippen molar-refractivity contribution in [1.82, 2.24) is 0 Å². The second-order valence-corrected chi connectivity index (χ2v) is 5.02. The first-order valence-electron chi connectivity index (χ1n) is 7.34. The number of aromatic hydroxyl groups is 1. The lowest BCUT2D eigenvalue weighted by Crippen LogP contribution is -2.02. The Morgan fingerprint density at radius 1 is 0.739 bits per heavy atom. The summed E-state index contributed by atoms with van der Waals surface area (Å²) in [7, 11) is 0. The second-order valence-electron chi connectivity index (χ2n) is 5.02. The minimum Gasteiger partial charge on any atom is -0.508 e. The van der Waals surface area contributed by atoms with Crippen LogP contribution in [0.5, 0.6) is 5.75 Å². The third-order valence-electron chi connectivity index (χ3n) is 3.33. The van der Waals surface area contributed by atoms with Crippen molar-refractivity contribution < 1.29 is 5.11 Å². The van der Waals surface area contributed by atoms with E-state index in [9.17, 15) is 5.11 Å². The third-order valence-corrected chi connectivity index (χ3v) is 3.33. The molecule has 0 fully saturated rings. The molecule has 0 heterocycles. The van der Waals surface area contributed by atoms with Crippen molar-refractivity contribution in [1.29, 1.82) is 0 Å². The van der Waals surface area contributed by atoms with Gasteiger partial charge in [-0.1, -0.05) is 72.8 Å². The van der Waals surface area contributed by atoms with Gasteiger partial charge in [0, 0.05) is 11.1 Å². The zero-order chi connectivity index (χ0) is 15.9. The summed E-state index contributed by atoms with van der Waals surface area (Å²) in [6.07, 6.45) is 1.63. The van der Waals surface area contributed by atoms with E-state index in [0.29, 0.717) is 0 Å². The van der Waals surface area contributed by atoms with E-state index < -0.39 is 0 Å². The van der Waals surface area contributed by atoms with Gasteiger partial charge < -0.3 is 5.11 Å². The fourth-order valence-electron chi connectivity index (χ4n) is 2.23. The van der Waals surface area contributed by atoms with Crippen LogP contribution in [0, 0.1) is 0 Å². The van der Waals surface area contributed by atoms with Crippen LogP contribution in [0.1, 0.15) is 16.7 Å². The minimum absolute atomic E-state index is 0.212. The van der Waals surface area contributed by atoms with Crippen molar-refractivity contribution in [2.45, 2.75) is 0 Å². The quantitative estimate of drug-likeness (QED) is 0.568. The Hall–Kier alpha value is -3.20. The van der Waals surface area contributed by atoms with E-state index in [2.05, 4.69) is 10.2 Å². The van der Waals surface area contributed by atoms with E-state index in [1.54, 1.807) is 24.4 Å². The van der Waals surface area contributed by atoms with Gasteiger partial charge in [0.25, 0.3) is 0 Å². The van der Waals surface area contributed by atoms with Crippen molar-refractivity contribution in [2.24, 2.45) is 10.2 Å². The van der Waals surface area contributed by atoms with E-state index in [4.69, 9.17) is 0 Å². The Morgan fingerprint density at radius 2 is 1.35 bits per heavy atom. The van der Waals surface area contributed by atoms with Gasteiger partial charge in [-0.05, 0) is 17.7 Å². The standard InChI is InChI=1S/C20H16N2O/c23-19-13-7-8-16(14-19)15-21-22-20(17-9-3-1-4-10-17)18-11-5-2-6-12-18/h1-15,23H/b21-15-. The van der Waals surface area contributed by atoms with Crippen LogP contribution in [0.15, 0.2) is 95.1 Å².